The van der Waals surface area contributed by atoms with Crippen molar-refractivity contribution in [2.24, 2.45) is 5.92 Å². The molecule has 1 aliphatic carbocycles. The smallest absolute Gasteiger partial charge is 0.475 e. The molecule has 228 valence electrons. The van der Waals surface area contributed by atoms with Crippen molar-refractivity contribution in [3.63, 3.8) is 0 Å². The lowest BCUT2D eigenvalue weighted by molar-refractivity contribution is -0.192. The number of carboxylic acids is 1. The molecule has 2 aromatic heterocycles. The second-order valence-corrected chi connectivity index (χ2v) is 9.73. The fraction of sp³-hybridized carbons (Fsp3) is 0.444. The molecule has 0 spiro atoms. The summed E-state index contributed by atoms with van der Waals surface area (Å²) in [6.45, 7) is 3.38. The minimum atomic E-state index is -5.08. The topological polar surface area (TPSA) is 123 Å². The number of carbonyl (C=O) groups excluding carboxylic acids is 1. The lowest BCUT2D eigenvalue weighted by Crippen LogP contribution is -2.30. The van der Waals surface area contributed by atoms with Crippen LogP contribution in [0.25, 0.3) is 10.8 Å². The van der Waals surface area contributed by atoms with Gasteiger partial charge in [-0.1, -0.05) is 18.2 Å². The van der Waals surface area contributed by atoms with Gasteiger partial charge in [-0.25, -0.2) is 18.0 Å². The molecule has 4 rings (SSSR count). The third-order valence-corrected chi connectivity index (χ3v) is 7.01. The Morgan fingerprint density at radius 2 is 1.69 bits per heavy atom. The van der Waals surface area contributed by atoms with E-state index in [0.29, 0.717) is 48.0 Å². The van der Waals surface area contributed by atoms with Crippen molar-refractivity contribution in [3.8, 4) is 0 Å². The van der Waals surface area contributed by atoms with Gasteiger partial charge in [0.1, 0.15) is 5.82 Å². The number of rotatable bonds is 6. The first-order chi connectivity index (χ1) is 19.6. The quantitative estimate of drug-likeness (QED) is 0.265. The fourth-order valence-corrected chi connectivity index (χ4v) is 4.77. The second kappa shape index (κ2) is 13.2. The Kier molecular flexibility index (Phi) is 10.2. The number of carbonyl (C=O) groups is 2. The molecular formula is C27H28F6N4O5. The largest absolute Gasteiger partial charge is 0.490 e. The first-order valence-electron chi connectivity index (χ1n) is 12.8. The molecule has 2 N–H and O–H groups in total. The number of carboxylic acid groups (broad SMARTS) is 1. The summed E-state index contributed by atoms with van der Waals surface area (Å²) in [7, 11) is 1.37. The highest BCUT2D eigenvalue weighted by Gasteiger charge is 2.38. The van der Waals surface area contributed by atoms with E-state index in [9.17, 15) is 35.9 Å². The van der Waals surface area contributed by atoms with Gasteiger partial charge < -0.3 is 19.7 Å². The van der Waals surface area contributed by atoms with Crippen molar-refractivity contribution < 1.29 is 45.8 Å². The van der Waals surface area contributed by atoms with Crippen LogP contribution in [0.1, 0.15) is 67.9 Å². The number of anilines is 1. The lowest BCUT2D eigenvalue weighted by Gasteiger charge is -2.28. The zero-order chi connectivity index (χ0) is 31.4. The van der Waals surface area contributed by atoms with E-state index >= 15 is 0 Å². The number of nitrogens with one attached hydrogen (secondary N) is 1. The normalized spacial score (nSPS) is 17.8. The van der Waals surface area contributed by atoms with Gasteiger partial charge in [0, 0.05) is 34.6 Å². The molecule has 1 atom stereocenters. The van der Waals surface area contributed by atoms with Crippen molar-refractivity contribution in [1.82, 2.24) is 14.8 Å². The summed E-state index contributed by atoms with van der Waals surface area (Å²) in [5, 5.41) is 19.7. The minimum absolute atomic E-state index is 0.0766. The van der Waals surface area contributed by atoms with Crippen LogP contribution >= 0.6 is 0 Å². The number of methoxy groups -OCH3 is 1. The number of ether oxygens (including phenoxy) is 1. The number of aryl methyl sites for hydroxylation is 1. The number of alkyl halides is 5. The van der Waals surface area contributed by atoms with Crippen LogP contribution in [0.15, 0.2) is 35.3 Å². The number of fused-ring (bicyclic) bond motifs is 1. The second-order valence-electron chi connectivity index (χ2n) is 9.73. The van der Waals surface area contributed by atoms with E-state index in [1.807, 2.05) is 0 Å². The summed E-state index contributed by atoms with van der Waals surface area (Å²) < 4.78 is 79.2. The van der Waals surface area contributed by atoms with Crippen LogP contribution in [0, 0.1) is 18.7 Å². The number of pyridine rings is 1. The Morgan fingerprint density at radius 3 is 2.24 bits per heavy atom. The highest BCUT2D eigenvalue weighted by Crippen LogP contribution is 2.34. The van der Waals surface area contributed by atoms with Crippen LogP contribution < -0.4 is 10.9 Å². The van der Waals surface area contributed by atoms with Crippen LogP contribution in [0.5, 0.6) is 0 Å². The first kappa shape index (κ1) is 32.3. The molecule has 0 radical (unpaired) electrons. The zero-order valence-electron chi connectivity index (χ0n) is 22.7. The molecule has 42 heavy (non-hydrogen) atoms. The van der Waals surface area contributed by atoms with Crippen LogP contribution in [0.3, 0.4) is 0 Å². The fourth-order valence-electron chi connectivity index (χ4n) is 4.77. The molecule has 1 aliphatic rings. The maximum Gasteiger partial charge on any atom is 0.490 e. The molecule has 0 saturated heterocycles. The number of aliphatic carboxylic acids is 1. The summed E-state index contributed by atoms with van der Waals surface area (Å²) in [5.74, 6) is -3.81. The number of halogens is 6. The molecule has 9 nitrogen and oxygen atoms in total. The molecule has 1 aromatic carbocycles. The first-order valence-corrected chi connectivity index (χ1v) is 12.8. The number of aromatic nitrogens is 3. The monoisotopic (exact) mass is 602 g/mol. The average molecular weight is 603 g/mol. The van der Waals surface area contributed by atoms with Gasteiger partial charge in [-0.15, -0.1) is 5.10 Å². The summed E-state index contributed by atoms with van der Waals surface area (Å²) in [6.07, 6.45) is -3.76. The Morgan fingerprint density at radius 1 is 1.10 bits per heavy atom. The molecule has 0 bridgehead atoms. The summed E-state index contributed by atoms with van der Waals surface area (Å²) in [6, 6.07) is 4.61. The Bertz CT molecular complexity index is 1500. The van der Waals surface area contributed by atoms with Crippen LogP contribution in [0.4, 0.5) is 32.2 Å². The summed E-state index contributed by atoms with van der Waals surface area (Å²) >= 11 is 0. The molecule has 3 aromatic rings. The standard InChI is InChI=1S/C25H27F3N4O3.C2HF3O2/c1-13(17-5-4-6-18(22(17)26)23(27)28)29-24-20-12-32(21(33)11-19(20)14(2)30-31-24)16-9-7-15(8-10-16)25(34)35-3;3-2(4,5)1(6)7/h4-6,11-13,15-16,23H,7-10H2,1-3H3,(H,29,31);(H,6,7)/t13-,15?,16?;/m1./s1. The van der Waals surface area contributed by atoms with E-state index in [0.717, 1.165) is 6.07 Å². The molecule has 2 heterocycles. The Labute approximate surface area is 235 Å². The molecular weight excluding hydrogens is 574 g/mol. The maximum atomic E-state index is 14.7. The van der Waals surface area contributed by atoms with Gasteiger partial charge in [0.25, 0.3) is 12.0 Å². The van der Waals surface area contributed by atoms with Crippen molar-refractivity contribution in [3.05, 3.63) is 63.5 Å². The Hall–Kier alpha value is -4.17. The van der Waals surface area contributed by atoms with Gasteiger partial charge in [-0.2, -0.15) is 18.3 Å². The predicted octanol–water partition coefficient (Wildman–Crippen LogP) is 5.89. The molecule has 15 heteroatoms. The van der Waals surface area contributed by atoms with Crippen LogP contribution in [-0.2, 0) is 14.3 Å². The van der Waals surface area contributed by atoms with Gasteiger partial charge in [0.15, 0.2) is 5.82 Å². The van der Waals surface area contributed by atoms with E-state index < -0.39 is 36.0 Å². The molecule has 0 unspecified atom stereocenters. The molecule has 0 amide bonds. The molecule has 1 saturated carbocycles. The van der Waals surface area contributed by atoms with Crippen LogP contribution in [0.2, 0.25) is 0 Å². The number of hydrogen-bond acceptors (Lipinski definition) is 7. The third-order valence-electron chi connectivity index (χ3n) is 7.01. The Balaban J connectivity index is 0.000000616. The van der Waals surface area contributed by atoms with E-state index in [-0.39, 0.29) is 29.1 Å². The molecule has 0 aliphatic heterocycles. The molecule has 1 fully saturated rings. The highest BCUT2D eigenvalue weighted by molar-refractivity contribution is 5.92. The van der Waals surface area contributed by atoms with Crippen molar-refractivity contribution in [2.45, 2.75) is 64.2 Å². The summed E-state index contributed by atoms with van der Waals surface area (Å²) in [4.78, 5) is 33.7. The van der Waals surface area contributed by atoms with Crippen molar-refractivity contribution >= 4 is 28.5 Å². The van der Waals surface area contributed by atoms with Crippen molar-refractivity contribution in [1.29, 1.82) is 0 Å². The van der Waals surface area contributed by atoms with E-state index in [2.05, 4.69) is 15.5 Å². The minimum Gasteiger partial charge on any atom is -0.475 e. The lowest BCUT2D eigenvalue weighted by atomic mass is 9.86. The SMILES string of the molecule is COC(=O)C1CCC(n2cc3c(N[C@H](C)c4cccc(C(F)F)c4F)nnc(C)c3cc2=O)CC1.O=C(O)C(F)(F)F. The zero-order valence-corrected chi connectivity index (χ0v) is 22.7. The number of benzene rings is 1. The highest BCUT2D eigenvalue weighted by atomic mass is 19.4. The number of hydrogen-bond donors (Lipinski definition) is 2. The average Bonchev–Trinajstić information content (AvgIpc) is 2.94. The van der Waals surface area contributed by atoms with E-state index in [1.54, 1.807) is 24.6 Å². The predicted molar refractivity (Wildman–Crippen MR) is 139 cm³/mol. The van der Waals surface area contributed by atoms with Gasteiger partial charge in [0.2, 0.25) is 0 Å². The summed E-state index contributed by atoms with van der Waals surface area (Å²) in [5.41, 5.74) is -0.215. The van der Waals surface area contributed by atoms with Gasteiger partial charge in [-0.05, 0) is 39.5 Å². The third kappa shape index (κ3) is 7.36. The number of nitrogens with zero attached hydrogens (tertiary/aromatic N) is 3. The number of esters is 1. The van der Waals surface area contributed by atoms with Gasteiger partial charge in [-0.3, -0.25) is 9.59 Å². The maximum absolute atomic E-state index is 14.7. The van der Waals surface area contributed by atoms with Gasteiger partial charge >= 0.3 is 18.1 Å². The van der Waals surface area contributed by atoms with Gasteiger partial charge in [0.05, 0.1) is 30.3 Å². The van der Waals surface area contributed by atoms with Crippen molar-refractivity contribution in [2.75, 3.05) is 12.4 Å². The van der Waals surface area contributed by atoms with Crippen LogP contribution in [-0.4, -0.2) is 45.1 Å². The van der Waals surface area contributed by atoms with E-state index in [4.69, 9.17) is 14.6 Å². The van der Waals surface area contributed by atoms with E-state index in [1.165, 1.54) is 25.3 Å².